The van der Waals surface area contributed by atoms with Crippen molar-refractivity contribution in [3.05, 3.63) is 54.1 Å². The molecule has 1 fully saturated rings. The number of likely N-dealkylation sites (tertiary alicyclic amines) is 1. The summed E-state index contributed by atoms with van der Waals surface area (Å²) in [5, 5.41) is 2.94. The maximum Gasteiger partial charge on any atom is 0.329 e. The van der Waals surface area contributed by atoms with Gasteiger partial charge in [0.25, 0.3) is 5.91 Å². The molecular weight excluding hydrogens is 352 g/mol. The molecular formula is C22H26N4O2. The van der Waals surface area contributed by atoms with Crippen molar-refractivity contribution in [3.8, 4) is 0 Å². The minimum atomic E-state index is -0.200. The van der Waals surface area contributed by atoms with Gasteiger partial charge in [-0.2, -0.15) is 0 Å². The number of piperidine rings is 1. The minimum absolute atomic E-state index is 0.113. The van der Waals surface area contributed by atoms with Crippen LogP contribution in [0.2, 0.25) is 0 Å². The van der Waals surface area contributed by atoms with Gasteiger partial charge in [0.1, 0.15) is 0 Å². The fourth-order valence-corrected chi connectivity index (χ4v) is 4.09. The number of amides is 3. The third kappa shape index (κ3) is 3.14. The van der Waals surface area contributed by atoms with Crippen LogP contribution in [0.25, 0.3) is 0 Å². The minimum Gasteiger partial charge on any atom is -0.324 e. The summed E-state index contributed by atoms with van der Waals surface area (Å²) in [6.07, 6.45) is 1.88. The van der Waals surface area contributed by atoms with E-state index in [-0.39, 0.29) is 18.0 Å². The Bertz CT molecular complexity index is 913. The number of nitrogens with zero attached hydrogens (tertiary/aromatic N) is 3. The summed E-state index contributed by atoms with van der Waals surface area (Å²) >= 11 is 0. The zero-order valence-electron chi connectivity index (χ0n) is 16.6. The Hall–Kier alpha value is -2.86. The number of carbonyl (C=O) groups is 2. The van der Waals surface area contributed by atoms with E-state index in [1.807, 2.05) is 54.4 Å². The van der Waals surface area contributed by atoms with Crippen molar-refractivity contribution in [2.24, 2.45) is 0 Å². The van der Waals surface area contributed by atoms with Crippen molar-refractivity contribution in [1.82, 2.24) is 9.80 Å². The Balaban J connectivity index is 1.75. The molecule has 2 aromatic carbocycles. The Morgan fingerprint density at radius 3 is 2.54 bits per heavy atom. The molecule has 0 aromatic heterocycles. The summed E-state index contributed by atoms with van der Waals surface area (Å²) in [6.45, 7) is 3.17. The van der Waals surface area contributed by atoms with Crippen LogP contribution in [0.1, 0.15) is 30.1 Å². The molecule has 0 aliphatic carbocycles. The molecule has 2 atom stereocenters. The zero-order valence-corrected chi connectivity index (χ0v) is 16.6. The second-order valence-corrected chi connectivity index (χ2v) is 7.73. The van der Waals surface area contributed by atoms with Crippen LogP contribution in [0.15, 0.2) is 48.5 Å². The molecule has 146 valence electrons. The Morgan fingerprint density at radius 2 is 1.79 bits per heavy atom. The quantitative estimate of drug-likeness (QED) is 0.818. The van der Waals surface area contributed by atoms with E-state index in [1.165, 1.54) is 0 Å². The molecule has 0 saturated carbocycles. The molecule has 2 aliphatic heterocycles. The molecule has 2 aliphatic rings. The predicted octanol–water partition coefficient (Wildman–Crippen LogP) is 3.92. The summed E-state index contributed by atoms with van der Waals surface area (Å²) in [6, 6.07) is 15.2. The first-order valence-corrected chi connectivity index (χ1v) is 9.74. The topological polar surface area (TPSA) is 55.9 Å². The van der Waals surface area contributed by atoms with Crippen LogP contribution in [-0.4, -0.2) is 54.5 Å². The number of nitrogens with one attached hydrogen (secondary N) is 1. The SMILES string of the molecule is C[C@@H]1C[C@H](N(C)C(=O)N2c3ccccc3NC(=O)c3ccccc32)CCN1C. The fraction of sp³-hybridized carbons (Fsp3) is 0.364. The van der Waals surface area contributed by atoms with Crippen LogP contribution < -0.4 is 10.2 Å². The number of hydrogen-bond acceptors (Lipinski definition) is 3. The average Bonchev–Trinajstić information content (AvgIpc) is 2.83. The standard InChI is InChI=1S/C22H26N4O2/c1-15-14-16(12-13-24(15)2)25(3)22(28)26-19-10-6-4-8-17(19)21(27)23-18-9-5-7-11-20(18)26/h4-11,15-16H,12-14H2,1-3H3,(H,23,27)/t15-,16-/m1/s1. The molecule has 0 radical (unpaired) electrons. The first kappa shape index (κ1) is 18.5. The molecule has 28 heavy (non-hydrogen) atoms. The van der Waals surface area contributed by atoms with Crippen LogP contribution in [-0.2, 0) is 0 Å². The van der Waals surface area contributed by atoms with Gasteiger partial charge in [0.2, 0.25) is 0 Å². The Kier molecular flexibility index (Phi) is 4.81. The van der Waals surface area contributed by atoms with Gasteiger partial charge in [-0.15, -0.1) is 0 Å². The lowest BCUT2D eigenvalue weighted by Gasteiger charge is -2.41. The largest absolute Gasteiger partial charge is 0.329 e. The second kappa shape index (κ2) is 7.28. The van der Waals surface area contributed by atoms with Gasteiger partial charge < -0.3 is 15.1 Å². The molecule has 2 heterocycles. The number of benzene rings is 2. The van der Waals surface area contributed by atoms with Crippen molar-refractivity contribution in [2.45, 2.75) is 31.8 Å². The molecule has 6 heteroatoms. The normalized spacial score (nSPS) is 22.0. The molecule has 0 unspecified atom stereocenters. The van der Waals surface area contributed by atoms with Gasteiger partial charge in [-0.05, 0) is 51.1 Å². The molecule has 1 saturated heterocycles. The summed E-state index contributed by atoms with van der Waals surface area (Å²) in [5.41, 5.74) is 2.45. The van der Waals surface area contributed by atoms with Gasteiger partial charge in [-0.25, -0.2) is 4.79 Å². The zero-order chi connectivity index (χ0) is 19.8. The maximum absolute atomic E-state index is 13.7. The van der Waals surface area contributed by atoms with Gasteiger partial charge in [0.05, 0.1) is 22.6 Å². The van der Waals surface area contributed by atoms with Crippen molar-refractivity contribution in [2.75, 3.05) is 30.9 Å². The second-order valence-electron chi connectivity index (χ2n) is 7.73. The lowest BCUT2D eigenvalue weighted by atomic mass is 9.98. The van der Waals surface area contributed by atoms with E-state index in [4.69, 9.17) is 0 Å². The summed E-state index contributed by atoms with van der Waals surface area (Å²) in [4.78, 5) is 32.2. The van der Waals surface area contributed by atoms with E-state index >= 15 is 0 Å². The van der Waals surface area contributed by atoms with Crippen LogP contribution in [0.4, 0.5) is 21.9 Å². The highest BCUT2D eigenvalue weighted by atomic mass is 16.2. The van der Waals surface area contributed by atoms with Crippen LogP contribution in [0.5, 0.6) is 0 Å². The van der Waals surface area contributed by atoms with E-state index < -0.39 is 0 Å². The molecule has 0 bridgehead atoms. The third-order valence-electron chi connectivity index (χ3n) is 6.00. The van der Waals surface area contributed by atoms with Gasteiger partial charge in [-0.1, -0.05) is 24.3 Å². The highest BCUT2D eigenvalue weighted by molar-refractivity contribution is 6.17. The van der Waals surface area contributed by atoms with E-state index in [1.54, 1.807) is 11.0 Å². The first-order valence-electron chi connectivity index (χ1n) is 9.74. The van der Waals surface area contributed by atoms with E-state index in [0.29, 0.717) is 28.7 Å². The molecule has 0 spiro atoms. The van der Waals surface area contributed by atoms with E-state index in [9.17, 15) is 9.59 Å². The molecule has 2 aromatic rings. The smallest absolute Gasteiger partial charge is 0.324 e. The number of urea groups is 1. The predicted molar refractivity (Wildman–Crippen MR) is 111 cm³/mol. The first-order chi connectivity index (χ1) is 13.5. The molecule has 3 amide bonds. The van der Waals surface area contributed by atoms with Crippen molar-refractivity contribution in [1.29, 1.82) is 0 Å². The molecule has 4 rings (SSSR count). The average molecular weight is 378 g/mol. The number of para-hydroxylation sites is 3. The molecule has 6 nitrogen and oxygen atoms in total. The van der Waals surface area contributed by atoms with E-state index in [0.717, 1.165) is 19.4 Å². The number of carbonyl (C=O) groups excluding carboxylic acids is 2. The summed E-state index contributed by atoms with van der Waals surface area (Å²) in [5.74, 6) is -0.200. The van der Waals surface area contributed by atoms with E-state index in [2.05, 4.69) is 24.2 Å². The van der Waals surface area contributed by atoms with Gasteiger partial charge in [0.15, 0.2) is 0 Å². The van der Waals surface area contributed by atoms with Crippen LogP contribution in [0, 0.1) is 0 Å². The lowest BCUT2D eigenvalue weighted by Crippen LogP contribution is -2.51. The van der Waals surface area contributed by atoms with Crippen LogP contribution >= 0.6 is 0 Å². The number of hydrogen-bond donors (Lipinski definition) is 1. The van der Waals surface area contributed by atoms with Gasteiger partial charge >= 0.3 is 6.03 Å². The third-order valence-corrected chi connectivity index (χ3v) is 6.00. The van der Waals surface area contributed by atoms with Crippen LogP contribution in [0.3, 0.4) is 0 Å². The summed E-state index contributed by atoms with van der Waals surface area (Å²) in [7, 11) is 4.00. The highest BCUT2D eigenvalue weighted by Gasteiger charge is 2.34. The fourth-order valence-electron chi connectivity index (χ4n) is 4.09. The Labute approximate surface area is 165 Å². The highest BCUT2D eigenvalue weighted by Crippen LogP contribution is 2.38. The van der Waals surface area contributed by atoms with Gasteiger partial charge in [-0.3, -0.25) is 9.69 Å². The lowest BCUT2D eigenvalue weighted by molar-refractivity contribution is 0.102. The summed E-state index contributed by atoms with van der Waals surface area (Å²) < 4.78 is 0. The van der Waals surface area contributed by atoms with Crippen molar-refractivity contribution >= 4 is 29.0 Å². The number of fused-ring (bicyclic) bond motifs is 2. The number of rotatable bonds is 1. The number of anilines is 3. The maximum atomic E-state index is 13.7. The molecule has 1 N–H and O–H groups in total. The Morgan fingerprint density at radius 1 is 1.11 bits per heavy atom. The monoisotopic (exact) mass is 378 g/mol. The van der Waals surface area contributed by atoms with Crippen molar-refractivity contribution in [3.63, 3.8) is 0 Å². The van der Waals surface area contributed by atoms with Gasteiger partial charge in [0, 0.05) is 25.7 Å². The van der Waals surface area contributed by atoms with Crippen molar-refractivity contribution < 1.29 is 9.59 Å².